The lowest BCUT2D eigenvalue weighted by molar-refractivity contribution is 0.0955. The molecule has 1 aliphatic rings. The van der Waals surface area contributed by atoms with Gasteiger partial charge in [0.05, 0.1) is 13.3 Å². The molecule has 0 saturated carbocycles. The van der Waals surface area contributed by atoms with Crippen molar-refractivity contribution in [3.05, 3.63) is 57.6 Å². The van der Waals surface area contributed by atoms with Gasteiger partial charge in [0.25, 0.3) is 5.91 Å². The Morgan fingerprint density at radius 1 is 1.38 bits per heavy atom. The Kier molecular flexibility index (Phi) is 6.32. The molecule has 3 rings (SSSR count). The quantitative estimate of drug-likeness (QED) is 0.487. The second-order valence-corrected chi connectivity index (χ2v) is 8.94. The average Bonchev–Trinajstić information content (AvgIpc) is 2.67. The lowest BCUT2D eigenvalue weighted by atomic mass is 9.79. The van der Waals surface area contributed by atoms with Crippen LogP contribution < -0.4 is 15.1 Å². The highest BCUT2D eigenvalue weighted by Gasteiger charge is 2.36. The standard InChI is InChI=1S/C23H28BrN3O2/c1-6-27-20-12-21(29-5)17(11-19(20)15(2)13-23(27,3)4)14-25-26-22(28)16-8-7-9-18(24)10-16/h7-12,14-15H,6,13H2,1-5H3,(H,26,28)/b25-14-. The van der Waals surface area contributed by atoms with Gasteiger partial charge in [-0.25, -0.2) is 5.43 Å². The van der Waals surface area contributed by atoms with Crippen LogP contribution >= 0.6 is 15.9 Å². The summed E-state index contributed by atoms with van der Waals surface area (Å²) in [5.74, 6) is 0.913. The molecule has 1 amide bonds. The number of hydrazone groups is 1. The topological polar surface area (TPSA) is 53.9 Å². The highest BCUT2D eigenvalue weighted by molar-refractivity contribution is 9.10. The SMILES string of the molecule is CCN1c2cc(OC)c(/C=N\NC(=O)c3cccc(Br)c3)cc2C(C)CC1(C)C. The Morgan fingerprint density at radius 3 is 2.79 bits per heavy atom. The number of hydrogen-bond acceptors (Lipinski definition) is 4. The molecular weight excluding hydrogens is 430 g/mol. The van der Waals surface area contributed by atoms with E-state index >= 15 is 0 Å². The predicted molar refractivity (Wildman–Crippen MR) is 122 cm³/mol. The molecule has 1 heterocycles. The van der Waals surface area contributed by atoms with Gasteiger partial charge in [0.2, 0.25) is 0 Å². The first-order valence-electron chi connectivity index (χ1n) is 9.85. The fourth-order valence-electron chi connectivity index (χ4n) is 4.26. The Morgan fingerprint density at radius 2 is 2.14 bits per heavy atom. The maximum absolute atomic E-state index is 12.3. The molecule has 0 aliphatic carbocycles. The van der Waals surface area contributed by atoms with Gasteiger partial charge in [-0.05, 0) is 62.9 Å². The number of benzene rings is 2. The van der Waals surface area contributed by atoms with Crippen molar-refractivity contribution in [1.29, 1.82) is 0 Å². The van der Waals surface area contributed by atoms with Crippen LogP contribution in [0.15, 0.2) is 46.0 Å². The summed E-state index contributed by atoms with van der Waals surface area (Å²) in [5, 5.41) is 4.16. The number of rotatable bonds is 5. The van der Waals surface area contributed by atoms with Crippen molar-refractivity contribution in [3.63, 3.8) is 0 Å². The molecule has 0 bridgehead atoms. The monoisotopic (exact) mass is 457 g/mol. The van der Waals surface area contributed by atoms with Crippen LogP contribution in [0.5, 0.6) is 5.75 Å². The summed E-state index contributed by atoms with van der Waals surface area (Å²) in [7, 11) is 1.66. The Bertz CT molecular complexity index is 940. The third-order valence-corrected chi connectivity index (χ3v) is 6.00. The Labute approximate surface area is 181 Å². The lowest BCUT2D eigenvalue weighted by Gasteiger charge is -2.47. The number of halogens is 1. The van der Waals surface area contributed by atoms with Crippen LogP contribution in [0.2, 0.25) is 0 Å². The van der Waals surface area contributed by atoms with Gasteiger partial charge >= 0.3 is 0 Å². The molecule has 5 nitrogen and oxygen atoms in total. The van der Waals surface area contributed by atoms with Gasteiger partial charge in [-0.15, -0.1) is 0 Å². The van der Waals surface area contributed by atoms with Gasteiger partial charge in [0.15, 0.2) is 0 Å². The highest BCUT2D eigenvalue weighted by Crippen LogP contribution is 2.45. The molecule has 29 heavy (non-hydrogen) atoms. The number of fused-ring (bicyclic) bond motifs is 1. The van der Waals surface area contributed by atoms with E-state index in [1.54, 1.807) is 25.5 Å². The van der Waals surface area contributed by atoms with E-state index < -0.39 is 0 Å². The number of methoxy groups -OCH3 is 1. The molecule has 0 saturated heterocycles. The van der Waals surface area contributed by atoms with E-state index in [4.69, 9.17) is 4.74 Å². The van der Waals surface area contributed by atoms with Gasteiger partial charge in [0, 0.05) is 39.4 Å². The molecule has 0 aromatic heterocycles. The number of nitrogens with one attached hydrogen (secondary N) is 1. The van der Waals surface area contributed by atoms with Crippen molar-refractivity contribution < 1.29 is 9.53 Å². The molecule has 0 fully saturated rings. The molecule has 2 aromatic rings. The zero-order valence-electron chi connectivity index (χ0n) is 17.6. The second-order valence-electron chi connectivity index (χ2n) is 8.02. The van der Waals surface area contributed by atoms with Crippen LogP contribution in [0.4, 0.5) is 5.69 Å². The summed E-state index contributed by atoms with van der Waals surface area (Å²) in [6, 6.07) is 11.4. The Hall–Kier alpha value is -2.34. The van der Waals surface area contributed by atoms with Crippen LogP contribution in [-0.4, -0.2) is 31.3 Å². The number of nitrogens with zero attached hydrogens (tertiary/aromatic N) is 2. The van der Waals surface area contributed by atoms with E-state index in [-0.39, 0.29) is 11.4 Å². The van der Waals surface area contributed by atoms with E-state index in [1.165, 1.54) is 11.3 Å². The van der Waals surface area contributed by atoms with Crippen LogP contribution in [-0.2, 0) is 0 Å². The van der Waals surface area contributed by atoms with Gasteiger partial charge in [0.1, 0.15) is 5.75 Å². The minimum absolute atomic E-state index is 0.0969. The van der Waals surface area contributed by atoms with Crippen molar-refractivity contribution in [1.82, 2.24) is 5.43 Å². The summed E-state index contributed by atoms with van der Waals surface area (Å²) in [5.41, 5.74) is 6.58. The van der Waals surface area contributed by atoms with E-state index in [0.29, 0.717) is 11.5 Å². The van der Waals surface area contributed by atoms with Crippen molar-refractivity contribution in [2.45, 2.75) is 45.6 Å². The summed E-state index contributed by atoms with van der Waals surface area (Å²) in [6.45, 7) is 9.95. The zero-order valence-corrected chi connectivity index (χ0v) is 19.2. The molecule has 1 unspecified atom stereocenters. The number of anilines is 1. The maximum Gasteiger partial charge on any atom is 0.271 e. The largest absolute Gasteiger partial charge is 0.496 e. The number of hydrogen-bond donors (Lipinski definition) is 1. The molecule has 0 spiro atoms. The fraction of sp³-hybridized carbons (Fsp3) is 0.391. The minimum Gasteiger partial charge on any atom is -0.496 e. The third-order valence-electron chi connectivity index (χ3n) is 5.51. The predicted octanol–water partition coefficient (Wildman–Crippen LogP) is 5.33. The number of amides is 1. The van der Waals surface area contributed by atoms with E-state index in [9.17, 15) is 4.79 Å². The molecule has 154 valence electrons. The summed E-state index contributed by atoms with van der Waals surface area (Å²) < 4.78 is 6.48. The first-order chi connectivity index (χ1) is 13.8. The number of carbonyl (C=O) groups excluding carboxylic acids is 1. The van der Waals surface area contributed by atoms with E-state index in [2.05, 4.69) is 71.2 Å². The van der Waals surface area contributed by atoms with Crippen LogP contribution in [0.25, 0.3) is 0 Å². The van der Waals surface area contributed by atoms with E-state index in [1.807, 2.05) is 12.1 Å². The van der Waals surface area contributed by atoms with E-state index in [0.717, 1.165) is 28.8 Å². The van der Waals surface area contributed by atoms with Gasteiger partial charge < -0.3 is 9.64 Å². The van der Waals surface area contributed by atoms with Crippen LogP contribution in [0, 0.1) is 0 Å². The molecule has 1 atom stereocenters. The van der Waals surface area contributed by atoms with Gasteiger partial charge in [-0.2, -0.15) is 5.10 Å². The second kappa shape index (κ2) is 8.57. The highest BCUT2D eigenvalue weighted by atomic mass is 79.9. The zero-order chi connectivity index (χ0) is 21.2. The van der Waals surface area contributed by atoms with Crippen molar-refractivity contribution in [3.8, 4) is 5.75 Å². The average molecular weight is 458 g/mol. The molecule has 1 N–H and O–H groups in total. The molecule has 2 aromatic carbocycles. The number of ether oxygens (including phenoxy) is 1. The van der Waals surface area contributed by atoms with Crippen molar-refractivity contribution in [2.75, 3.05) is 18.6 Å². The molecule has 6 heteroatoms. The first kappa shape index (κ1) is 21.4. The van der Waals surface area contributed by atoms with Gasteiger partial charge in [-0.1, -0.05) is 28.9 Å². The first-order valence-corrected chi connectivity index (χ1v) is 10.6. The van der Waals surface area contributed by atoms with Crippen LogP contribution in [0.3, 0.4) is 0 Å². The maximum atomic E-state index is 12.3. The summed E-state index contributed by atoms with van der Waals surface area (Å²) in [4.78, 5) is 14.7. The molecule has 0 radical (unpaired) electrons. The van der Waals surface area contributed by atoms with Crippen molar-refractivity contribution >= 4 is 33.7 Å². The lowest BCUT2D eigenvalue weighted by Crippen LogP contribution is -2.48. The molecular formula is C23H28BrN3O2. The summed E-state index contributed by atoms with van der Waals surface area (Å²) in [6.07, 6.45) is 2.73. The van der Waals surface area contributed by atoms with Crippen molar-refractivity contribution in [2.24, 2.45) is 5.10 Å². The van der Waals surface area contributed by atoms with Gasteiger partial charge in [-0.3, -0.25) is 4.79 Å². The summed E-state index contributed by atoms with van der Waals surface area (Å²) >= 11 is 3.37. The molecule has 1 aliphatic heterocycles. The number of carbonyl (C=O) groups is 1. The Balaban J connectivity index is 1.88. The normalized spacial score (nSPS) is 17.9. The third kappa shape index (κ3) is 4.47. The van der Waals surface area contributed by atoms with Crippen LogP contribution in [0.1, 0.15) is 61.5 Å². The fourth-order valence-corrected chi connectivity index (χ4v) is 4.66. The minimum atomic E-state index is -0.258. The smallest absolute Gasteiger partial charge is 0.271 e.